The molecule has 0 radical (unpaired) electrons. The van der Waals surface area contributed by atoms with Gasteiger partial charge in [0.25, 0.3) is 0 Å². The number of thioether (sulfide) groups is 1. The van der Waals surface area contributed by atoms with Gasteiger partial charge in [0.1, 0.15) is 6.61 Å². The Bertz CT molecular complexity index is 990. The van der Waals surface area contributed by atoms with Crippen LogP contribution in [0.15, 0.2) is 59.5 Å². The molecule has 0 aliphatic heterocycles. The molecule has 6 heteroatoms. The molecule has 0 amide bonds. The highest BCUT2D eigenvalue weighted by Crippen LogP contribution is 2.28. The lowest BCUT2D eigenvalue weighted by atomic mass is 10.1. The molecule has 3 aromatic rings. The summed E-state index contributed by atoms with van der Waals surface area (Å²) in [5.41, 5.74) is 4.09. The van der Waals surface area contributed by atoms with E-state index >= 15 is 0 Å². The number of para-hydroxylation sites is 1. The summed E-state index contributed by atoms with van der Waals surface area (Å²) in [6.45, 7) is 4.03. The van der Waals surface area contributed by atoms with Crippen molar-refractivity contribution in [2.24, 2.45) is 0 Å². The molecule has 0 fully saturated rings. The van der Waals surface area contributed by atoms with Gasteiger partial charge in [0.15, 0.2) is 0 Å². The van der Waals surface area contributed by atoms with Crippen LogP contribution in [0.4, 0.5) is 0 Å². The zero-order valence-electron chi connectivity index (χ0n) is 15.2. The largest absolute Gasteiger partial charge is 0.460 e. The second-order valence-corrected chi connectivity index (χ2v) is 6.95. The molecule has 0 spiro atoms. The maximum Gasteiger partial charge on any atom is 0.316 e. The number of aryl methyl sites for hydroxylation is 1. The summed E-state index contributed by atoms with van der Waals surface area (Å²) < 4.78 is 7.21. The highest BCUT2D eigenvalue weighted by Gasteiger charge is 2.15. The Labute approximate surface area is 162 Å². The number of nitrogens with zero attached hydrogens (tertiary/aromatic N) is 3. The third-order valence-electron chi connectivity index (χ3n) is 4.09. The summed E-state index contributed by atoms with van der Waals surface area (Å²) in [5.74, 6) is -0.129. The number of carbonyl (C=O) groups is 1. The summed E-state index contributed by atoms with van der Waals surface area (Å²) in [7, 11) is 0. The van der Waals surface area contributed by atoms with E-state index in [2.05, 4.69) is 11.2 Å². The van der Waals surface area contributed by atoms with Gasteiger partial charge in [-0.15, -0.1) is 11.8 Å². The lowest BCUT2D eigenvalue weighted by Crippen LogP contribution is -2.08. The first-order valence-electron chi connectivity index (χ1n) is 8.48. The fourth-order valence-corrected chi connectivity index (χ4v) is 3.63. The van der Waals surface area contributed by atoms with Crippen LogP contribution < -0.4 is 0 Å². The summed E-state index contributed by atoms with van der Waals surface area (Å²) >= 11 is 1.42. The minimum absolute atomic E-state index is 0.102. The summed E-state index contributed by atoms with van der Waals surface area (Å²) in [4.78, 5) is 13.1. The van der Waals surface area contributed by atoms with Crippen molar-refractivity contribution in [2.45, 2.75) is 25.3 Å². The molecule has 0 aliphatic carbocycles. The molecule has 0 unspecified atom stereocenters. The zero-order valence-corrected chi connectivity index (χ0v) is 16.0. The first-order valence-corrected chi connectivity index (χ1v) is 9.46. The smallest absolute Gasteiger partial charge is 0.316 e. The Kier molecular flexibility index (Phi) is 5.94. The van der Waals surface area contributed by atoms with Crippen LogP contribution in [-0.2, 0) is 16.1 Å². The van der Waals surface area contributed by atoms with E-state index in [0.29, 0.717) is 11.1 Å². The maximum atomic E-state index is 12.1. The van der Waals surface area contributed by atoms with E-state index in [9.17, 15) is 4.79 Å². The van der Waals surface area contributed by atoms with Gasteiger partial charge in [-0.2, -0.15) is 10.4 Å². The first kappa shape index (κ1) is 18.7. The maximum absolute atomic E-state index is 12.1. The Morgan fingerprint density at radius 3 is 2.59 bits per heavy atom. The average Bonchev–Trinajstić information content (AvgIpc) is 2.99. The molecule has 1 heterocycles. The molecule has 1 aromatic heterocycles. The standard InChI is InChI=1S/C21H19N3O2S/c1-15-21(16(2)24(23-15)19-10-4-3-5-11-19)27-14-20(25)26-13-18-9-7-6-8-17(18)12-22/h3-11H,13-14H2,1-2H3. The molecule has 2 aromatic carbocycles. The molecule has 0 saturated carbocycles. The van der Waals surface area contributed by atoms with Crippen LogP contribution >= 0.6 is 11.8 Å². The fourth-order valence-electron chi connectivity index (χ4n) is 2.74. The van der Waals surface area contributed by atoms with Gasteiger partial charge < -0.3 is 4.74 Å². The molecule has 3 rings (SSSR count). The van der Waals surface area contributed by atoms with Gasteiger partial charge in [-0.1, -0.05) is 36.4 Å². The van der Waals surface area contributed by atoms with E-state index < -0.39 is 0 Å². The number of esters is 1. The minimum Gasteiger partial charge on any atom is -0.460 e. The second kappa shape index (κ2) is 8.56. The lowest BCUT2D eigenvalue weighted by Gasteiger charge is -2.07. The molecule has 0 aliphatic rings. The van der Waals surface area contributed by atoms with Crippen LogP contribution in [0.1, 0.15) is 22.5 Å². The quantitative estimate of drug-likeness (QED) is 0.476. The van der Waals surface area contributed by atoms with Crippen molar-refractivity contribution in [3.63, 3.8) is 0 Å². The predicted octanol–water partition coefficient (Wildman–Crippen LogP) is 4.20. The van der Waals surface area contributed by atoms with Gasteiger partial charge in [-0.25, -0.2) is 4.68 Å². The SMILES string of the molecule is Cc1nn(-c2ccccc2)c(C)c1SCC(=O)OCc1ccccc1C#N. The first-order chi connectivity index (χ1) is 13.1. The number of rotatable bonds is 6. The Hall–Kier alpha value is -3.04. The summed E-state index contributed by atoms with van der Waals surface area (Å²) in [5, 5.41) is 13.7. The highest BCUT2D eigenvalue weighted by molar-refractivity contribution is 8.00. The van der Waals surface area contributed by atoms with Crippen molar-refractivity contribution in [2.75, 3.05) is 5.75 Å². The van der Waals surface area contributed by atoms with Gasteiger partial charge in [0, 0.05) is 5.56 Å². The van der Waals surface area contributed by atoms with E-state index in [-0.39, 0.29) is 18.3 Å². The number of hydrogen-bond donors (Lipinski definition) is 0. The number of hydrogen-bond acceptors (Lipinski definition) is 5. The normalized spacial score (nSPS) is 10.4. The molecule has 0 saturated heterocycles. The van der Waals surface area contributed by atoms with Crippen molar-refractivity contribution in [1.82, 2.24) is 9.78 Å². The van der Waals surface area contributed by atoms with Crippen molar-refractivity contribution in [1.29, 1.82) is 5.26 Å². The van der Waals surface area contributed by atoms with Crippen molar-refractivity contribution >= 4 is 17.7 Å². The monoisotopic (exact) mass is 377 g/mol. The van der Waals surface area contributed by atoms with Crippen LogP contribution in [0.25, 0.3) is 5.69 Å². The Balaban J connectivity index is 1.63. The number of nitriles is 1. The number of carbonyl (C=O) groups excluding carboxylic acids is 1. The topological polar surface area (TPSA) is 67.9 Å². The molecular formula is C21H19N3O2S. The average molecular weight is 377 g/mol. The van der Waals surface area contributed by atoms with Crippen LogP contribution in [0.2, 0.25) is 0 Å². The molecule has 0 atom stereocenters. The van der Waals surface area contributed by atoms with E-state index in [1.807, 2.05) is 54.9 Å². The van der Waals surface area contributed by atoms with Crippen LogP contribution in [0.5, 0.6) is 0 Å². The van der Waals surface area contributed by atoms with Crippen LogP contribution in [0.3, 0.4) is 0 Å². The van der Waals surface area contributed by atoms with Crippen molar-refractivity contribution < 1.29 is 9.53 Å². The number of benzene rings is 2. The van der Waals surface area contributed by atoms with E-state index in [1.54, 1.807) is 18.2 Å². The van der Waals surface area contributed by atoms with E-state index in [4.69, 9.17) is 10.00 Å². The second-order valence-electron chi connectivity index (χ2n) is 5.97. The van der Waals surface area contributed by atoms with E-state index in [1.165, 1.54) is 11.8 Å². The summed E-state index contributed by atoms with van der Waals surface area (Å²) in [6.07, 6.45) is 0. The van der Waals surface area contributed by atoms with Crippen LogP contribution in [0, 0.1) is 25.2 Å². The van der Waals surface area contributed by atoms with Crippen molar-refractivity contribution in [3.05, 3.63) is 77.1 Å². The number of aromatic nitrogens is 2. The molecule has 0 N–H and O–H groups in total. The van der Waals surface area contributed by atoms with Crippen LogP contribution in [-0.4, -0.2) is 21.5 Å². The zero-order chi connectivity index (χ0) is 19.2. The minimum atomic E-state index is -0.320. The van der Waals surface area contributed by atoms with Crippen molar-refractivity contribution in [3.8, 4) is 11.8 Å². The van der Waals surface area contributed by atoms with Gasteiger partial charge in [0.05, 0.1) is 39.4 Å². The third kappa shape index (κ3) is 4.39. The predicted molar refractivity (Wildman–Crippen MR) is 105 cm³/mol. The highest BCUT2D eigenvalue weighted by atomic mass is 32.2. The fraction of sp³-hybridized carbons (Fsp3) is 0.190. The molecular weight excluding hydrogens is 358 g/mol. The lowest BCUT2D eigenvalue weighted by molar-refractivity contribution is -0.141. The van der Waals surface area contributed by atoms with Gasteiger partial charge in [-0.05, 0) is 32.0 Å². The molecule has 27 heavy (non-hydrogen) atoms. The summed E-state index contributed by atoms with van der Waals surface area (Å²) in [6, 6.07) is 19.1. The van der Waals surface area contributed by atoms with Gasteiger partial charge in [0.2, 0.25) is 0 Å². The molecule has 136 valence electrons. The van der Waals surface area contributed by atoms with E-state index in [0.717, 1.165) is 22.0 Å². The Morgan fingerprint density at radius 2 is 1.85 bits per heavy atom. The molecule has 5 nitrogen and oxygen atoms in total. The van der Waals surface area contributed by atoms with Gasteiger partial charge in [-0.3, -0.25) is 4.79 Å². The number of ether oxygens (including phenoxy) is 1. The third-order valence-corrected chi connectivity index (χ3v) is 5.35. The Morgan fingerprint density at radius 1 is 1.15 bits per heavy atom. The molecule has 0 bridgehead atoms. The van der Waals surface area contributed by atoms with Gasteiger partial charge >= 0.3 is 5.97 Å².